The van der Waals surface area contributed by atoms with Gasteiger partial charge in [0.1, 0.15) is 17.6 Å². The topological polar surface area (TPSA) is 102 Å². The van der Waals surface area contributed by atoms with E-state index in [9.17, 15) is 10.1 Å². The maximum absolute atomic E-state index is 12.5. The van der Waals surface area contributed by atoms with Crippen molar-refractivity contribution in [3.8, 4) is 17.6 Å². The van der Waals surface area contributed by atoms with E-state index in [0.29, 0.717) is 40.4 Å². The van der Waals surface area contributed by atoms with Gasteiger partial charge >= 0.3 is 0 Å². The first-order valence-electron chi connectivity index (χ1n) is 10.6. The van der Waals surface area contributed by atoms with Crippen molar-refractivity contribution in [2.45, 2.75) is 38.6 Å². The van der Waals surface area contributed by atoms with Crippen LogP contribution in [0.3, 0.4) is 0 Å². The van der Waals surface area contributed by atoms with Crippen LogP contribution in [0.2, 0.25) is 0 Å². The van der Waals surface area contributed by atoms with Crippen LogP contribution in [0, 0.1) is 17.2 Å². The Labute approximate surface area is 197 Å². The second-order valence-electron chi connectivity index (χ2n) is 7.78. The number of carbonyl (C=O) groups excluding carboxylic acids is 1. The van der Waals surface area contributed by atoms with Crippen LogP contribution >= 0.6 is 11.8 Å². The van der Waals surface area contributed by atoms with Gasteiger partial charge in [0.2, 0.25) is 5.91 Å². The van der Waals surface area contributed by atoms with E-state index in [0.717, 1.165) is 5.75 Å². The van der Waals surface area contributed by atoms with Crippen molar-refractivity contribution in [3.63, 3.8) is 0 Å². The third kappa shape index (κ3) is 6.49. The average molecular weight is 466 g/mol. The van der Waals surface area contributed by atoms with E-state index in [1.807, 2.05) is 35.8 Å². The molecular weight excluding hydrogens is 438 g/mol. The number of nitrogens with one attached hydrogen (secondary N) is 1. The molecule has 0 fully saturated rings. The van der Waals surface area contributed by atoms with Gasteiger partial charge in [0.25, 0.3) is 0 Å². The average Bonchev–Trinajstić information content (AvgIpc) is 3.20. The van der Waals surface area contributed by atoms with E-state index in [4.69, 9.17) is 9.47 Å². The van der Waals surface area contributed by atoms with E-state index in [-0.39, 0.29) is 17.8 Å². The van der Waals surface area contributed by atoms with Crippen LogP contribution < -0.4 is 14.8 Å². The largest absolute Gasteiger partial charge is 0.497 e. The molecule has 1 amide bonds. The molecule has 3 rings (SSSR count). The number of nitrogens with zero attached hydrogens (tertiary/aromatic N) is 4. The van der Waals surface area contributed by atoms with Gasteiger partial charge in [-0.25, -0.2) is 0 Å². The van der Waals surface area contributed by atoms with Gasteiger partial charge in [-0.15, -0.1) is 10.2 Å². The van der Waals surface area contributed by atoms with Gasteiger partial charge < -0.3 is 19.4 Å². The number of nitriles is 1. The first-order chi connectivity index (χ1) is 15.9. The van der Waals surface area contributed by atoms with Crippen LogP contribution in [0.5, 0.6) is 11.5 Å². The number of methoxy groups -OCH3 is 1. The molecule has 0 saturated carbocycles. The number of thioether (sulfide) groups is 1. The SMILES string of the molecule is COc1ccc(OC(C)c2nnc(SCC(=O)Nc3ccccc3C#N)n2CC(C)C)cc1. The molecule has 8 nitrogen and oxygen atoms in total. The van der Waals surface area contributed by atoms with Crippen LogP contribution in [0.25, 0.3) is 0 Å². The van der Waals surface area contributed by atoms with Gasteiger partial charge in [0, 0.05) is 6.54 Å². The summed E-state index contributed by atoms with van der Waals surface area (Å²) in [7, 11) is 1.62. The minimum atomic E-state index is -0.338. The predicted octanol–water partition coefficient (Wildman–Crippen LogP) is 4.69. The zero-order valence-corrected chi connectivity index (χ0v) is 19.9. The van der Waals surface area contributed by atoms with Crippen molar-refractivity contribution in [2.24, 2.45) is 5.92 Å². The van der Waals surface area contributed by atoms with Gasteiger partial charge in [-0.1, -0.05) is 37.7 Å². The van der Waals surface area contributed by atoms with E-state index in [1.54, 1.807) is 31.4 Å². The lowest BCUT2D eigenvalue weighted by atomic mass is 10.2. The van der Waals surface area contributed by atoms with Gasteiger partial charge in [-0.3, -0.25) is 4.79 Å². The lowest BCUT2D eigenvalue weighted by molar-refractivity contribution is -0.113. The summed E-state index contributed by atoms with van der Waals surface area (Å²) in [5, 5.41) is 21.3. The lowest BCUT2D eigenvalue weighted by Gasteiger charge is -2.18. The second-order valence-corrected chi connectivity index (χ2v) is 8.72. The minimum Gasteiger partial charge on any atom is -0.497 e. The van der Waals surface area contributed by atoms with Crippen molar-refractivity contribution >= 4 is 23.4 Å². The summed E-state index contributed by atoms with van der Waals surface area (Å²) in [6.07, 6.45) is -0.338. The Morgan fingerprint density at radius 3 is 2.48 bits per heavy atom. The van der Waals surface area contributed by atoms with Crippen LogP contribution in [-0.4, -0.2) is 33.5 Å². The molecule has 3 aromatic rings. The fraction of sp³-hybridized carbons (Fsp3) is 0.333. The highest BCUT2D eigenvalue weighted by atomic mass is 32.2. The van der Waals surface area contributed by atoms with Crippen molar-refractivity contribution < 1.29 is 14.3 Å². The molecule has 1 heterocycles. The van der Waals surface area contributed by atoms with Crippen molar-refractivity contribution in [1.29, 1.82) is 5.26 Å². The monoisotopic (exact) mass is 465 g/mol. The maximum Gasteiger partial charge on any atom is 0.234 e. The number of rotatable bonds is 10. The van der Waals surface area contributed by atoms with Crippen molar-refractivity contribution in [2.75, 3.05) is 18.2 Å². The third-order valence-corrected chi connectivity index (χ3v) is 5.65. The Bertz CT molecular complexity index is 1120. The van der Waals surface area contributed by atoms with Crippen molar-refractivity contribution in [1.82, 2.24) is 14.8 Å². The molecule has 1 aromatic heterocycles. The molecule has 172 valence electrons. The van der Waals surface area contributed by atoms with Crippen LogP contribution in [0.1, 0.15) is 38.3 Å². The second kappa shape index (κ2) is 11.4. The Morgan fingerprint density at radius 2 is 1.82 bits per heavy atom. The number of anilines is 1. The summed E-state index contributed by atoms with van der Waals surface area (Å²) in [6, 6.07) is 16.4. The van der Waals surface area contributed by atoms with Gasteiger partial charge in [0.15, 0.2) is 17.1 Å². The molecule has 0 radical (unpaired) electrons. The fourth-order valence-electron chi connectivity index (χ4n) is 3.16. The molecule has 0 aliphatic rings. The molecular formula is C24H27N5O3S. The number of hydrogen-bond acceptors (Lipinski definition) is 7. The zero-order chi connectivity index (χ0) is 23.8. The Morgan fingerprint density at radius 1 is 1.12 bits per heavy atom. The predicted molar refractivity (Wildman–Crippen MR) is 127 cm³/mol. The number of aromatic nitrogens is 3. The molecule has 0 spiro atoms. The number of para-hydroxylation sites is 1. The quantitative estimate of drug-likeness (QED) is 0.434. The number of benzene rings is 2. The standard InChI is InChI=1S/C24H27N5O3S/c1-16(2)14-29-23(17(3)32-20-11-9-19(31-4)10-12-20)27-28-24(29)33-15-22(30)26-21-8-6-5-7-18(21)13-25/h5-12,16-17H,14-15H2,1-4H3,(H,26,30). The highest BCUT2D eigenvalue weighted by Gasteiger charge is 2.21. The van der Waals surface area contributed by atoms with Gasteiger partial charge in [0.05, 0.1) is 24.1 Å². The van der Waals surface area contributed by atoms with Crippen LogP contribution in [0.15, 0.2) is 53.7 Å². The molecule has 1 atom stereocenters. The molecule has 2 aromatic carbocycles. The summed E-state index contributed by atoms with van der Waals surface area (Å²) < 4.78 is 13.3. The van der Waals surface area contributed by atoms with E-state index in [1.165, 1.54) is 11.8 Å². The Hall–Kier alpha value is -3.51. The summed E-state index contributed by atoms with van der Waals surface area (Å²) >= 11 is 1.30. The smallest absolute Gasteiger partial charge is 0.234 e. The van der Waals surface area contributed by atoms with E-state index in [2.05, 4.69) is 35.4 Å². The highest BCUT2D eigenvalue weighted by molar-refractivity contribution is 7.99. The van der Waals surface area contributed by atoms with Crippen molar-refractivity contribution in [3.05, 3.63) is 59.9 Å². The summed E-state index contributed by atoms with van der Waals surface area (Å²) in [5.74, 6) is 2.43. The third-order valence-electron chi connectivity index (χ3n) is 4.68. The maximum atomic E-state index is 12.5. The van der Waals surface area contributed by atoms with Crippen LogP contribution in [0.4, 0.5) is 5.69 Å². The number of amides is 1. The molecule has 0 bridgehead atoms. The zero-order valence-electron chi connectivity index (χ0n) is 19.1. The number of carbonyl (C=O) groups is 1. The van der Waals surface area contributed by atoms with E-state index < -0.39 is 0 Å². The minimum absolute atomic E-state index is 0.143. The Balaban J connectivity index is 1.70. The Kier molecular flexibility index (Phi) is 8.33. The summed E-state index contributed by atoms with van der Waals surface area (Å²) in [5.41, 5.74) is 0.919. The molecule has 1 unspecified atom stereocenters. The van der Waals surface area contributed by atoms with Crippen LogP contribution in [-0.2, 0) is 11.3 Å². The van der Waals surface area contributed by atoms with Gasteiger partial charge in [-0.05, 0) is 49.2 Å². The van der Waals surface area contributed by atoms with Gasteiger partial charge in [-0.2, -0.15) is 5.26 Å². The molecule has 0 saturated heterocycles. The number of ether oxygens (including phenoxy) is 2. The molecule has 1 N–H and O–H groups in total. The first kappa shape index (κ1) is 24.1. The molecule has 0 aliphatic carbocycles. The lowest BCUT2D eigenvalue weighted by Crippen LogP contribution is -2.17. The number of hydrogen-bond donors (Lipinski definition) is 1. The summed E-state index contributed by atoms with van der Waals surface area (Å²) in [4.78, 5) is 12.5. The summed E-state index contributed by atoms with van der Waals surface area (Å²) in [6.45, 7) is 6.84. The molecule has 9 heteroatoms. The van der Waals surface area contributed by atoms with E-state index >= 15 is 0 Å². The first-order valence-corrected chi connectivity index (χ1v) is 11.6. The fourth-order valence-corrected chi connectivity index (χ4v) is 3.92. The molecule has 0 aliphatic heterocycles. The molecule has 33 heavy (non-hydrogen) atoms. The highest BCUT2D eigenvalue weighted by Crippen LogP contribution is 2.27. The normalized spacial score (nSPS) is 11.6.